The zero-order valence-corrected chi connectivity index (χ0v) is 10.7. The summed E-state index contributed by atoms with van der Waals surface area (Å²) < 4.78 is 13.8. The number of hydrogen-bond acceptors (Lipinski definition) is 6. The molecule has 0 N–H and O–H groups in total. The lowest BCUT2D eigenvalue weighted by molar-refractivity contribution is -0.161. The van der Waals surface area contributed by atoms with Gasteiger partial charge >= 0.3 is 18.0 Å². The second-order valence-electron chi connectivity index (χ2n) is 3.90. The zero-order chi connectivity index (χ0) is 13.7. The summed E-state index contributed by atoms with van der Waals surface area (Å²) in [5.74, 6) is -2.54. The highest BCUT2D eigenvalue weighted by Gasteiger charge is 2.44. The van der Waals surface area contributed by atoms with Crippen molar-refractivity contribution in [2.24, 2.45) is 5.92 Å². The third kappa shape index (κ3) is 2.72. The number of carbonyl (C=O) groups is 3. The van der Waals surface area contributed by atoms with Crippen molar-refractivity contribution in [2.75, 3.05) is 27.9 Å². The first-order chi connectivity index (χ1) is 8.56. The van der Waals surface area contributed by atoms with Gasteiger partial charge in [0.15, 0.2) is 5.92 Å². The second-order valence-corrected chi connectivity index (χ2v) is 3.90. The molecule has 7 heteroatoms. The number of carbonyl (C=O) groups excluding carboxylic acids is 3. The zero-order valence-electron chi connectivity index (χ0n) is 10.7. The monoisotopic (exact) mass is 259 g/mol. The van der Waals surface area contributed by atoms with Gasteiger partial charge in [-0.15, -0.1) is 0 Å². The molecule has 102 valence electrons. The van der Waals surface area contributed by atoms with Crippen molar-refractivity contribution in [2.45, 2.75) is 18.9 Å². The van der Waals surface area contributed by atoms with E-state index in [1.165, 1.54) is 26.2 Å². The van der Waals surface area contributed by atoms with Crippen molar-refractivity contribution in [1.29, 1.82) is 0 Å². The van der Waals surface area contributed by atoms with E-state index in [1.807, 2.05) is 0 Å². The van der Waals surface area contributed by atoms with Gasteiger partial charge in [0.1, 0.15) is 0 Å². The van der Waals surface area contributed by atoms with E-state index in [0.29, 0.717) is 19.4 Å². The third-order valence-corrected chi connectivity index (χ3v) is 3.00. The van der Waals surface area contributed by atoms with Crippen LogP contribution in [0.25, 0.3) is 0 Å². The Morgan fingerprint density at radius 1 is 1.06 bits per heavy atom. The molecule has 1 atom stereocenters. The number of amides is 1. The summed E-state index contributed by atoms with van der Waals surface area (Å²) in [6.45, 7) is 0.446. The van der Waals surface area contributed by atoms with Crippen LogP contribution in [0.4, 0.5) is 4.79 Å². The van der Waals surface area contributed by atoms with E-state index in [1.54, 1.807) is 0 Å². The maximum absolute atomic E-state index is 11.7. The lowest BCUT2D eigenvalue weighted by Gasteiger charge is -2.27. The van der Waals surface area contributed by atoms with E-state index in [9.17, 15) is 14.4 Å². The van der Waals surface area contributed by atoms with Gasteiger partial charge in [0.2, 0.25) is 0 Å². The number of methoxy groups -OCH3 is 3. The highest BCUT2D eigenvalue weighted by molar-refractivity contribution is 5.96. The van der Waals surface area contributed by atoms with Gasteiger partial charge in [-0.1, -0.05) is 0 Å². The molecule has 0 aromatic rings. The summed E-state index contributed by atoms with van der Waals surface area (Å²) >= 11 is 0. The van der Waals surface area contributed by atoms with Crippen LogP contribution in [-0.2, 0) is 23.8 Å². The van der Waals surface area contributed by atoms with Crippen LogP contribution < -0.4 is 0 Å². The van der Waals surface area contributed by atoms with Crippen LogP contribution in [0.1, 0.15) is 12.8 Å². The van der Waals surface area contributed by atoms with Crippen LogP contribution in [0.3, 0.4) is 0 Å². The minimum absolute atomic E-state index is 0.446. The molecule has 7 nitrogen and oxygen atoms in total. The van der Waals surface area contributed by atoms with Gasteiger partial charge in [-0.25, -0.2) is 4.79 Å². The van der Waals surface area contributed by atoms with E-state index in [2.05, 4.69) is 14.2 Å². The molecule has 0 spiro atoms. The Labute approximate surface area is 105 Å². The van der Waals surface area contributed by atoms with Gasteiger partial charge in [0, 0.05) is 6.54 Å². The molecule has 1 aliphatic heterocycles. The fourth-order valence-corrected chi connectivity index (χ4v) is 2.15. The SMILES string of the molecule is COC(=O)C(C(=O)OC)C1CCCN1C(=O)OC. The van der Waals surface area contributed by atoms with Crippen molar-refractivity contribution in [3.63, 3.8) is 0 Å². The maximum Gasteiger partial charge on any atom is 0.409 e. The lowest BCUT2D eigenvalue weighted by Crippen LogP contribution is -2.46. The molecule has 1 unspecified atom stereocenters. The van der Waals surface area contributed by atoms with Gasteiger partial charge in [0.25, 0.3) is 0 Å². The first-order valence-corrected chi connectivity index (χ1v) is 5.57. The minimum Gasteiger partial charge on any atom is -0.468 e. The highest BCUT2D eigenvalue weighted by Crippen LogP contribution is 2.26. The average Bonchev–Trinajstić information content (AvgIpc) is 2.86. The maximum atomic E-state index is 11.7. The summed E-state index contributed by atoms with van der Waals surface area (Å²) in [6.07, 6.45) is 0.670. The Balaban J connectivity index is 2.93. The molecule has 0 saturated carbocycles. The Morgan fingerprint density at radius 2 is 1.61 bits per heavy atom. The van der Waals surface area contributed by atoms with Gasteiger partial charge in [-0.2, -0.15) is 0 Å². The van der Waals surface area contributed by atoms with Gasteiger partial charge in [0.05, 0.1) is 27.4 Å². The van der Waals surface area contributed by atoms with Gasteiger partial charge < -0.3 is 19.1 Å². The smallest absolute Gasteiger partial charge is 0.409 e. The molecule has 18 heavy (non-hydrogen) atoms. The van der Waals surface area contributed by atoms with E-state index < -0.39 is 30.0 Å². The largest absolute Gasteiger partial charge is 0.468 e. The Bertz CT molecular complexity index is 326. The number of rotatable bonds is 3. The van der Waals surface area contributed by atoms with E-state index in [4.69, 9.17) is 0 Å². The molecule has 0 aromatic heterocycles. The molecule has 0 bridgehead atoms. The van der Waals surface area contributed by atoms with E-state index >= 15 is 0 Å². The van der Waals surface area contributed by atoms with Crippen LogP contribution in [0.5, 0.6) is 0 Å². The normalized spacial score (nSPS) is 18.7. The second kappa shape index (κ2) is 6.23. The summed E-state index contributed by atoms with van der Waals surface area (Å²) in [6, 6.07) is -0.572. The summed E-state index contributed by atoms with van der Waals surface area (Å²) in [4.78, 5) is 36.2. The Hall–Kier alpha value is -1.79. The molecule has 0 aromatic carbocycles. The number of ether oxygens (including phenoxy) is 3. The molecular weight excluding hydrogens is 242 g/mol. The van der Waals surface area contributed by atoms with Crippen molar-refractivity contribution >= 4 is 18.0 Å². The number of nitrogens with zero attached hydrogens (tertiary/aromatic N) is 1. The molecule has 1 heterocycles. The third-order valence-electron chi connectivity index (χ3n) is 3.00. The lowest BCUT2D eigenvalue weighted by atomic mass is 9.98. The number of hydrogen-bond donors (Lipinski definition) is 0. The molecule has 0 radical (unpaired) electrons. The highest BCUT2D eigenvalue weighted by atomic mass is 16.6. The van der Waals surface area contributed by atoms with Crippen LogP contribution >= 0.6 is 0 Å². The Kier molecular flexibility index (Phi) is 4.94. The first-order valence-electron chi connectivity index (χ1n) is 5.57. The van der Waals surface area contributed by atoms with Crippen molar-refractivity contribution < 1.29 is 28.6 Å². The average molecular weight is 259 g/mol. The van der Waals surface area contributed by atoms with E-state index in [-0.39, 0.29) is 0 Å². The van der Waals surface area contributed by atoms with Crippen LogP contribution in [0.15, 0.2) is 0 Å². The molecule has 1 aliphatic rings. The minimum atomic E-state index is -1.12. The van der Waals surface area contributed by atoms with Crippen LogP contribution in [0.2, 0.25) is 0 Å². The predicted molar refractivity (Wildman–Crippen MR) is 59.7 cm³/mol. The number of likely N-dealkylation sites (tertiary alicyclic amines) is 1. The van der Waals surface area contributed by atoms with Crippen molar-refractivity contribution in [3.05, 3.63) is 0 Å². The molecule has 1 amide bonds. The molecule has 0 aliphatic carbocycles. The van der Waals surface area contributed by atoms with Gasteiger partial charge in [-0.3, -0.25) is 9.59 Å². The summed E-state index contributed by atoms with van der Waals surface area (Å²) in [7, 11) is 3.63. The molecule has 1 fully saturated rings. The fourth-order valence-electron chi connectivity index (χ4n) is 2.15. The molecular formula is C11H17NO6. The van der Waals surface area contributed by atoms with Crippen molar-refractivity contribution in [1.82, 2.24) is 4.90 Å². The topological polar surface area (TPSA) is 82.1 Å². The van der Waals surface area contributed by atoms with Crippen molar-refractivity contribution in [3.8, 4) is 0 Å². The summed E-state index contributed by atoms with van der Waals surface area (Å²) in [5.41, 5.74) is 0. The van der Waals surface area contributed by atoms with Crippen LogP contribution in [0, 0.1) is 5.92 Å². The fraction of sp³-hybridized carbons (Fsp3) is 0.727. The number of esters is 2. The van der Waals surface area contributed by atoms with E-state index in [0.717, 1.165) is 0 Å². The van der Waals surface area contributed by atoms with Gasteiger partial charge in [-0.05, 0) is 12.8 Å². The first kappa shape index (κ1) is 14.3. The van der Waals surface area contributed by atoms with Crippen LogP contribution in [-0.4, -0.2) is 56.8 Å². The molecule has 1 rings (SSSR count). The summed E-state index contributed by atoms with van der Waals surface area (Å²) in [5, 5.41) is 0. The molecule has 1 saturated heterocycles. The predicted octanol–water partition coefficient (Wildman–Crippen LogP) is 0.179. The quantitative estimate of drug-likeness (QED) is 0.408. The Morgan fingerprint density at radius 3 is 2.06 bits per heavy atom. The standard InChI is InChI=1S/C11H17NO6/c1-16-9(13)8(10(14)17-2)7-5-4-6-12(7)11(15)18-3/h7-8H,4-6H2,1-3H3.